The number of rotatable bonds is 9. The van der Waals surface area contributed by atoms with Crippen LogP contribution in [0.3, 0.4) is 0 Å². The van der Waals surface area contributed by atoms with Crippen LogP contribution in [0, 0.1) is 5.92 Å². The van der Waals surface area contributed by atoms with E-state index in [2.05, 4.69) is 26.2 Å². The van der Waals surface area contributed by atoms with Gasteiger partial charge in [-0.05, 0) is 55.4 Å². The number of aliphatic hydroxyl groups is 1. The first kappa shape index (κ1) is 29.2. The molecule has 0 unspecified atom stereocenters. The molecule has 222 valence electrons. The van der Waals surface area contributed by atoms with Crippen molar-refractivity contribution in [1.82, 2.24) is 15.0 Å². The van der Waals surface area contributed by atoms with Gasteiger partial charge in [-0.2, -0.15) is 0 Å². The molecule has 3 aliphatic heterocycles. The summed E-state index contributed by atoms with van der Waals surface area (Å²) in [5.74, 6) is -0.300. The number of hydrogen-bond donors (Lipinski definition) is 2. The number of benzene rings is 2. The van der Waals surface area contributed by atoms with Gasteiger partial charge in [-0.25, -0.2) is 0 Å². The molecule has 6 rings (SSSR count). The van der Waals surface area contributed by atoms with Crippen molar-refractivity contribution in [2.45, 2.75) is 69.6 Å². The van der Waals surface area contributed by atoms with Crippen LogP contribution in [0.5, 0.6) is 0 Å². The second-order valence-corrected chi connectivity index (χ2v) is 17.0. The molecule has 0 saturated carbocycles. The van der Waals surface area contributed by atoms with Crippen molar-refractivity contribution < 1.29 is 24.2 Å². The fourth-order valence-electron chi connectivity index (χ4n) is 7.01. The van der Waals surface area contributed by atoms with Gasteiger partial charge in [0.2, 0.25) is 5.91 Å². The number of anilines is 2. The minimum Gasteiger partial charge on any atom is -0.432 e. The predicted octanol–water partition coefficient (Wildman–Crippen LogP) is 3.75. The SMILES string of the molecule is C[C@@H]1[C@@H]([Si](C)(C)O)[C@H](CCn2cc(CCO)nn2)O[C@@]12C(=O)N(Cc1cccc(N3CCC3=O)c1)c1ccc(Br)cc12. The molecule has 2 saturated heterocycles. The van der Waals surface area contributed by atoms with Crippen LogP contribution in [-0.2, 0) is 39.4 Å². The van der Waals surface area contributed by atoms with Gasteiger partial charge in [-0.15, -0.1) is 5.10 Å². The summed E-state index contributed by atoms with van der Waals surface area (Å²) in [6.45, 7) is 7.43. The molecule has 42 heavy (non-hydrogen) atoms. The lowest BCUT2D eigenvalue weighted by Crippen LogP contribution is -2.46. The number of carbonyl (C=O) groups excluding carboxylic acids is 2. The Morgan fingerprint density at radius 2 is 2.00 bits per heavy atom. The Bertz CT molecular complexity index is 1530. The molecular formula is C30H36BrN5O5Si. The van der Waals surface area contributed by atoms with Gasteiger partial charge in [-0.3, -0.25) is 14.3 Å². The first-order chi connectivity index (χ1) is 20.0. The molecule has 1 aromatic heterocycles. The molecule has 1 spiro atoms. The summed E-state index contributed by atoms with van der Waals surface area (Å²) in [6, 6.07) is 13.7. The van der Waals surface area contributed by atoms with Crippen LogP contribution in [0.25, 0.3) is 0 Å². The molecule has 2 amide bonds. The van der Waals surface area contributed by atoms with Crippen molar-refractivity contribution in [2.24, 2.45) is 5.92 Å². The molecule has 2 aromatic carbocycles. The topological polar surface area (TPSA) is 121 Å². The molecular weight excluding hydrogens is 618 g/mol. The van der Waals surface area contributed by atoms with E-state index in [1.807, 2.05) is 68.7 Å². The lowest BCUT2D eigenvalue weighted by molar-refractivity contribution is -0.146. The van der Waals surface area contributed by atoms with Crippen LogP contribution >= 0.6 is 15.9 Å². The van der Waals surface area contributed by atoms with E-state index in [1.165, 1.54) is 0 Å². The minimum absolute atomic E-state index is 0.00505. The van der Waals surface area contributed by atoms with Crippen LogP contribution in [0.2, 0.25) is 18.6 Å². The molecule has 10 nitrogen and oxygen atoms in total. The number of amides is 2. The molecule has 2 N–H and O–H groups in total. The molecule has 12 heteroatoms. The highest BCUT2D eigenvalue weighted by molar-refractivity contribution is 9.10. The molecule has 4 heterocycles. The second kappa shape index (κ2) is 11.0. The predicted molar refractivity (Wildman–Crippen MR) is 163 cm³/mol. The van der Waals surface area contributed by atoms with E-state index in [4.69, 9.17) is 4.74 Å². The quantitative estimate of drug-likeness (QED) is 0.267. The lowest BCUT2D eigenvalue weighted by atomic mass is 9.82. The largest absolute Gasteiger partial charge is 0.432 e. The molecule has 0 aliphatic carbocycles. The third-order valence-corrected chi connectivity index (χ3v) is 12.0. The van der Waals surface area contributed by atoms with E-state index in [-0.39, 0.29) is 36.0 Å². The summed E-state index contributed by atoms with van der Waals surface area (Å²) in [6.07, 6.45) is 3.00. The lowest BCUT2D eigenvalue weighted by Gasteiger charge is -2.32. The van der Waals surface area contributed by atoms with E-state index < -0.39 is 13.9 Å². The van der Waals surface area contributed by atoms with Crippen molar-refractivity contribution in [2.75, 3.05) is 23.0 Å². The van der Waals surface area contributed by atoms with Crippen LogP contribution in [0.1, 0.15) is 36.6 Å². The van der Waals surface area contributed by atoms with Crippen LogP contribution in [0.4, 0.5) is 11.4 Å². The standard InChI is InChI=1S/C30H36BrN5O5Si/c1-19-28(42(2,3)40)26(9-12-34-18-22(11-14-37)32-33-34)41-30(19)24-16-21(31)7-8-25(24)36(29(30)39)17-20-5-4-6-23(15-20)35-13-10-27(35)38/h4-8,15-16,18-19,26,28,37,40H,9-14,17H2,1-3H3/t19-,26+,28-,30+/m1/s1. The van der Waals surface area contributed by atoms with Crippen molar-refractivity contribution in [3.63, 3.8) is 0 Å². The number of nitrogens with zero attached hydrogens (tertiary/aromatic N) is 5. The number of β-lactam (4-membered cyclic amide) rings is 1. The molecule has 3 aromatic rings. The summed E-state index contributed by atoms with van der Waals surface area (Å²) in [7, 11) is -2.80. The third kappa shape index (κ3) is 4.92. The summed E-state index contributed by atoms with van der Waals surface area (Å²) >= 11 is 3.61. The first-order valence-electron chi connectivity index (χ1n) is 14.4. The van der Waals surface area contributed by atoms with Crippen LogP contribution < -0.4 is 9.80 Å². The number of fused-ring (bicyclic) bond motifs is 2. The second-order valence-electron chi connectivity index (χ2n) is 12.1. The number of hydrogen-bond acceptors (Lipinski definition) is 7. The van der Waals surface area contributed by atoms with E-state index in [9.17, 15) is 19.5 Å². The highest BCUT2D eigenvalue weighted by atomic mass is 79.9. The molecule has 2 fully saturated rings. The molecule has 4 atom stereocenters. The van der Waals surface area contributed by atoms with Gasteiger partial charge in [-0.1, -0.05) is 40.2 Å². The summed E-state index contributed by atoms with van der Waals surface area (Å²) in [4.78, 5) is 41.8. The van der Waals surface area contributed by atoms with Crippen molar-refractivity contribution in [3.05, 3.63) is 70.0 Å². The van der Waals surface area contributed by atoms with Gasteiger partial charge in [0.1, 0.15) is 0 Å². The maximum Gasteiger partial charge on any atom is 0.264 e. The Morgan fingerprint density at radius 3 is 2.69 bits per heavy atom. The van der Waals surface area contributed by atoms with Crippen molar-refractivity contribution in [1.29, 1.82) is 0 Å². The van der Waals surface area contributed by atoms with Gasteiger partial charge in [0, 0.05) is 65.9 Å². The number of carbonyl (C=O) groups is 2. The average Bonchev–Trinajstić information content (AvgIpc) is 3.57. The average molecular weight is 655 g/mol. The fourth-order valence-corrected chi connectivity index (χ4v) is 9.97. The van der Waals surface area contributed by atoms with Gasteiger partial charge in [0.25, 0.3) is 5.91 Å². The number of halogens is 1. The number of aliphatic hydroxyl groups excluding tert-OH is 1. The van der Waals surface area contributed by atoms with Gasteiger partial charge in [0.15, 0.2) is 13.9 Å². The van der Waals surface area contributed by atoms with Crippen molar-refractivity contribution in [3.8, 4) is 0 Å². The summed E-state index contributed by atoms with van der Waals surface area (Å²) in [5.41, 5.74) is 2.64. The van der Waals surface area contributed by atoms with Gasteiger partial charge in [0.05, 0.1) is 24.0 Å². The Morgan fingerprint density at radius 1 is 1.19 bits per heavy atom. The first-order valence-corrected chi connectivity index (χ1v) is 18.3. The van der Waals surface area contributed by atoms with Crippen LogP contribution in [0.15, 0.2) is 53.1 Å². The monoisotopic (exact) mass is 653 g/mol. The highest BCUT2D eigenvalue weighted by Gasteiger charge is 2.66. The molecule has 3 aliphatic rings. The van der Waals surface area contributed by atoms with Crippen LogP contribution in [-0.4, -0.2) is 64.3 Å². The Kier molecular flexibility index (Phi) is 7.63. The van der Waals surface area contributed by atoms with E-state index >= 15 is 0 Å². The van der Waals surface area contributed by atoms with E-state index in [1.54, 1.807) is 14.5 Å². The van der Waals surface area contributed by atoms with E-state index in [0.29, 0.717) is 44.6 Å². The van der Waals surface area contributed by atoms with Gasteiger partial charge >= 0.3 is 0 Å². The van der Waals surface area contributed by atoms with E-state index in [0.717, 1.165) is 27.0 Å². The summed E-state index contributed by atoms with van der Waals surface area (Å²) < 4.78 is 9.49. The van der Waals surface area contributed by atoms with Crippen molar-refractivity contribution >= 4 is 47.4 Å². The number of aromatic nitrogens is 3. The fraction of sp³-hybridized carbons (Fsp3) is 0.467. The van der Waals surface area contributed by atoms with Gasteiger partial charge < -0.3 is 24.4 Å². The highest BCUT2D eigenvalue weighted by Crippen LogP contribution is 2.60. The Balaban J connectivity index is 1.33. The zero-order valence-electron chi connectivity index (χ0n) is 24.0. The maximum absolute atomic E-state index is 14.6. The molecule has 0 radical (unpaired) electrons. The normalized spacial score (nSPS) is 25.4. The Labute approximate surface area is 254 Å². The Hall–Kier alpha value is -2.90. The zero-order chi connectivity index (χ0) is 29.8. The zero-order valence-corrected chi connectivity index (χ0v) is 26.6. The third-order valence-electron chi connectivity index (χ3n) is 8.96. The smallest absolute Gasteiger partial charge is 0.264 e. The number of aryl methyl sites for hydroxylation is 1. The maximum atomic E-state index is 14.6. The minimum atomic E-state index is -2.80. The molecule has 0 bridgehead atoms. The summed E-state index contributed by atoms with van der Waals surface area (Å²) in [5, 5.41) is 17.5. The number of ether oxygens (including phenoxy) is 1.